The zero-order chi connectivity index (χ0) is 13.2. The van der Waals surface area contributed by atoms with Gasteiger partial charge in [-0.2, -0.15) is 0 Å². The van der Waals surface area contributed by atoms with Crippen LogP contribution in [0.25, 0.3) is 0 Å². The van der Waals surface area contributed by atoms with Crippen molar-refractivity contribution in [3.63, 3.8) is 0 Å². The minimum atomic E-state index is -0.498. The third kappa shape index (κ3) is 3.09. The van der Waals surface area contributed by atoms with E-state index in [4.69, 9.17) is 27.9 Å². The van der Waals surface area contributed by atoms with Crippen LogP contribution >= 0.6 is 23.2 Å². The number of hydrogen-bond acceptors (Lipinski definition) is 3. The van der Waals surface area contributed by atoms with Crippen LogP contribution in [0, 0.1) is 0 Å². The standard InChI is InChI=1S/C13H17Cl2NO2/c1-2-13(17)8-16(9-13)6-7-18-12-10(14)4-3-5-11(12)15/h3-5,17H,2,6-9H2,1H3. The molecule has 0 radical (unpaired) electrons. The SMILES string of the molecule is CCC1(O)CN(CCOc2c(Cl)cccc2Cl)C1. The fourth-order valence-corrected chi connectivity index (χ4v) is 2.57. The molecule has 0 saturated carbocycles. The highest BCUT2D eigenvalue weighted by atomic mass is 35.5. The molecular formula is C13H17Cl2NO2. The number of rotatable bonds is 5. The predicted molar refractivity (Wildman–Crippen MR) is 73.6 cm³/mol. The Morgan fingerprint density at radius 1 is 1.33 bits per heavy atom. The smallest absolute Gasteiger partial charge is 0.156 e. The van der Waals surface area contributed by atoms with Crippen LogP contribution in [0.3, 0.4) is 0 Å². The lowest BCUT2D eigenvalue weighted by atomic mass is 9.91. The van der Waals surface area contributed by atoms with Gasteiger partial charge in [0.05, 0.1) is 15.6 Å². The molecule has 0 aliphatic carbocycles. The zero-order valence-corrected chi connectivity index (χ0v) is 11.8. The first-order valence-electron chi connectivity index (χ1n) is 6.05. The maximum absolute atomic E-state index is 9.87. The maximum atomic E-state index is 9.87. The van der Waals surface area contributed by atoms with E-state index in [0.29, 0.717) is 35.5 Å². The Balaban J connectivity index is 1.77. The number of para-hydroxylation sites is 1. The van der Waals surface area contributed by atoms with E-state index in [-0.39, 0.29) is 0 Å². The molecule has 100 valence electrons. The van der Waals surface area contributed by atoms with Crippen LogP contribution in [-0.4, -0.2) is 41.8 Å². The molecule has 2 rings (SSSR count). The Morgan fingerprint density at radius 2 is 1.94 bits per heavy atom. The molecular weight excluding hydrogens is 273 g/mol. The van der Waals surface area contributed by atoms with Crippen LogP contribution in [0.1, 0.15) is 13.3 Å². The fourth-order valence-electron chi connectivity index (χ4n) is 2.07. The van der Waals surface area contributed by atoms with Gasteiger partial charge in [0.15, 0.2) is 5.75 Å². The molecule has 1 aromatic rings. The highest BCUT2D eigenvalue weighted by molar-refractivity contribution is 6.37. The minimum Gasteiger partial charge on any atom is -0.489 e. The van der Waals surface area contributed by atoms with E-state index in [1.165, 1.54) is 0 Å². The van der Waals surface area contributed by atoms with Crippen molar-refractivity contribution in [3.8, 4) is 5.75 Å². The van der Waals surface area contributed by atoms with Gasteiger partial charge in [0, 0.05) is 19.6 Å². The number of nitrogens with zero attached hydrogens (tertiary/aromatic N) is 1. The number of likely N-dealkylation sites (tertiary alicyclic amines) is 1. The molecule has 18 heavy (non-hydrogen) atoms. The number of hydrogen-bond donors (Lipinski definition) is 1. The first-order valence-corrected chi connectivity index (χ1v) is 6.81. The van der Waals surface area contributed by atoms with Crippen molar-refractivity contribution in [1.29, 1.82) is 0 Å². The van der Waals surface area contributed by atoms with Crippen LogP contribution in [0.4, 0.5) is 0 Å². The summed E-state index contributed by atoms with van der Waals surface area (Å²) < 4.78 is 5.59. The molecule has 1 aliphatic rings. The van der Waals surface area contributed by atoms with Crippen molar-refractivity contribution < 1.29 is 9.84 Å². The van der Waals surface area contributed by atoms with Gasteiger partial charge in [-0.25, -0.2) is 0 Å². The van der Waals surface area contributed by atoms with Crippen LogP contribution < -0.4 is 4.74 Å². The zero-order valence-electron chi connectivity index (χ0n) is 10.3. The van der Waals surface area contributed by atoms with Gasteiger partial charge in [0.25, 0.3) is 0 Å². The maximum Gasteiger partial charge on any atom is 0.156 e. The van der Waals surface area contributed by atoms with Gasteiger partial charge in [-0.3, -0.25) is 4.90 Å². The summed E-state index contributed by atoms with van der Waals surface area (Å²) in [6.45, 7) is 4.71. The van der Waals surface area contributed by atoms with Gasteiger partial charge < -0.3 is 9.84 Å². The van der Waals surface area contributed by atoms with Crippen LogP contribution in [0.2, 0.25) is 10.0 Å². The first kappa shape index (κ1) is 13.9. The summed E-state index contributed by atoms with van der Waals surface area (Å²) in [5.41, 5.74) is -0.498. The Labute approximate surface area is 117 Å². The van der Waals surface area contributed by atoms with Crippen molar-refractivity contribution in [2.45, 2.75) is 18.9 Å². The second kappa shape index (κ2) is 5.66. The molecule has 0 bridgehead atoms. The average molecular weight is 290 g/mol. The second-order valence-corrected chi connectivity index (χ2v) is 5.50. The first-order chi connectivity index (χ1) is 8.54. The lowest BCUT2D eigenvalue weighted by Gasteiger charge is -2.46. The Morgan fingerprint density at radius 3 is 2.50 bits per heavy atom. The van der Waals surface area contributed by atoms with Crippen molar-refractivity contribution in [2.24, 2.45) is 0 Å². The molecule has 5 heteroatoms. The van der Waals surface area contributed by atoms with E-state index in [9.17, 15) is 5.11 Å². The summed E-state index contributed by atoms with van der Waals surface area (Å²) in [5, 5.41) is 10.9. The average Bonchev–Trinajstić information content (AvgIpc) is 2.30. The number of ether oxygens (including phenoxy) is 1. The summed E-state index contributed by atoms with van der Waals surface area (Å²) >= 11 is 12.0. The topological polar surface area (TPSA) is 32.7 Å². The van der Waals surface area contributed by atoms with E-state index < -0.39 is 5.60 Å². The van der Waals surface area contributed by atoms with Gasteiger partial charge in [0.2, 0.25) is 0 Å². The van der Waals surface area contributed by atoms with Crippen LogP contribution in [0.5, 0.6) is 5.75 Å². The molecule has 0 unspecified atom stereocenters. The summed E-state index contributed by atoms with van der Waals surface area (Å²) in [7, 11) is 0. The Kier molecular flexibility index (Phi) is 4.38. The van der Waals surface area contributed by atoms with Gasteiger partial charge in [-0.15, -0.1) is 0 Å². The van der Waals surface area contributed by atoms with E-state index in [2.05, 4.69) is 4.90 Å². The summed E-state index contributed by atoms with van der Waals surface area (Å²) in [6.07, 6.45) is 0.792. The summed E-state index contributed by atoms with van der Waals surface area (Å²) in [6, 6.07) is 5.29. The molecule has 0 spiro atoms. The second-order valence-electron chi connectivity index (χ2n) is 4.69. The van der Waals surface area contributed by atoms with Crippen LogP contribution in [-0.2, 0) is 0 Å². The number of aliphatic hydroxyl groups is 1. The third-order valence-electron chi connectivity index (χ3n) is 3.27. The van der Waals surface area contributed by atoms with Crippen molar-refractivity contribution >= 4 is 23.2 Å². The summed E-state index contributed by atoms with van der Waals surface area (Å²) in [5.74, 6) is 0.534. The number of benzene rings is 1. The Bertz CT molecular complexity index is 399. The lowest BCUT2D eigenvalue weighted by Crippen LogP contribution is -2.61. The van der Waals surface area contributed by atoms with Gasteiger partial charge in [0.1, 0.15) is 6.61 Å². The molecule has 1 heterocycles. The van der Waals surface area contributed by atoms with Crippen molar-refractivity contribution in [3.05, 3.63) is 28.2 Å². The molecule has 1 N–H and O–H groups in total. The molecule has 1 aliphatic heterocycles. The largest absolute Gasteiger partial charge is 0.489 e. The monoisotopic (exact) mass is 289 g/mol. The van der Waals surface area contributed by atoms with E-state index in [0.717, 1.165) is 13.0 Å². The molecule has 1 aromatic carbocycles. The predicted octanol–water partition coefficient (Wildman–Crippen LogP) is 2.83. The summed E-state index contributed by atoms with van der Waals surface area (Å²) in [4.78, 5) is 2.15. The van der Waals surface area contributed by atoms with Gasteiger partial charge in [-0.05, 0) is 18.6 Å². The molecule has 1 saturated heterocycles. The normalized spacial score (nSPS) is 18.4. The molecule has 0 aromatic heterocycles. The Hall–Kier alpha value is -0.480. The lowest BCUT2D eigenvalue weighted by molar-refractivity contribution is -0.102. The quantitative estimate of drug-likeness (QED) is 0.905. The van der Waals surface area contributed by atoms with Crippen molar-refractivity contribution in [2.75, 3.05) is 26.2 Å². The van der Waals surface area contributed by atoms with Gasteiger partial charge >= 0.3 is 0 Å². The third-order valence-corrected chi connectivity index (χ3v) is 3.86. The van der Waals surface area contributed by atoms with Crippen molar-refractivity contribution in [1.82, 2.24) is 4.90 Å². The van der Waals surface area contributed by atoms with Crippen LogP contribution in [0.15, 0.2) is 18.2 Å². The fraction of sp³-hybridized carbons (Fsp3) is 0.538. The highest BCUT2D eigenvalue weighted by Crippen LogP contribution is 2.32. The number of β-amino-alcohol motifs (C(OH)–C–C–N with tert-alkyl or cyclic N) is 1. The number of halogens is 2. The highest BCUT2D eigenvalue weighted by Gasteiger charge is 2.38. The van der Waals surface area contributed by atoms with Gasteiger partial charge in [-0.1, -0.05) is 36.2 Å². The van der Waals surface area contributed by atoms with E-state index in [1.807, 2.05) is 6.92 Å². The molecule has 0 atom stereocenters. The van der Waals surface area contributed by atoms with E-state index in [1.54, 1.807) is 18.2 Å². The van der Waals surface area contributed by atoms with E-state index >= 15 is 0 Å². The molecule has 1 fully saturated rings. The molecule has 0 amide bonds. The minimum absolute atomic E-state index is 0.498. The molecule has 3 nitrogen and oxygen atoms in total.